The molecule has 10 heteroatoms. The first kappa shape index (κ1) is 21.5. The second kappa shape index (κ2) is 8.05. The van der Waals surface area contributed by atoms with E-state index in [-0.39, 0.29) is 29.5 Å². The summed E-state index contributed by atoms with van der Waals surface area (Å²) in [5, 5.41) is 7.47. The summed E-state index contributed by atoms with van der Waals surface area (Å²) in [7, 11) is 1.60. The van der Waals surface area contributed by atoms with E-state index in [0.717, 1.165) is 17.5 Å². The van der Waals surface area contributed by atoms with Crippen LogP contribution in [0.1, 0.15) is 67.2 Å². The Labute approximate surface area is 177 Å². The summed E-state index contributed by atoms with van der Waals surface area (Å²) >= 11 is 0. The molecule has 168 valence electrons. The van der Waals surface area contributed by atoms with Crippen LogP contribution in [0.3, 0.4) is 0 Å². The minimum Gasteiger partial charge on any atom is -0.367 e. The fourth-order valence-corrected chi connectivity index (χ4v) is 4.43. The SMILES string of the molecule is CC[C@@H]1C[C@H](C(F)(F)F)n2nc(C3CCCCN3C(=O)c3ccn(C)c(=O)c3)cc2N1. The molecule has 4 rings (SSSR count). The second-order valence-electron chi connectivity index (χ2n) is 8.32. The number of nitrogens with zero attached hydrogens (tertiary/aromatic N) is 4. The van der Waals surface area contributed by atoms with Gasteiger partial charge in [-0.2, -0.15) is 18.3 Å². The summed E-state index contributed by atoms with van der Waals surface area (Å²) in [6, 6.07) is 2.11. The van der Waals surface area contributed by atoms with Crippen molar-refractivity contribution in [1.29, 1.82) is 0 Å². The topological polar surface area (TPSA) is 72.2 Å². The number of amides is 1. The van der Waals surface area contributed by atoms with Gasteiger partial charge in [-0.05, 0) is 38.2 Å². The van der Waals surface area contributed by atoms with Gasteiger partial charge in [-0.15, -0.1) is 0 Å². The second-order valence-corrected chi connectivity index (χ2v) is 8.32. The summed E-state index contributed by atoms with van der Waals surface area (Å²) in [6.07, 6.45) is -0.116. The van der Waals surface area contributed by atoms with Gasteiger partial charge in [0.15, 0.2) is 6.04 Å². The molecule has 0 aliphatic carbocycles. The average molecular weight is 437 g/mol. The Balaban J connectivity index is 1.68. The van der Waals surface area contributed by atoms with Gasteiger partial charge in [0, 0.05) is 43.5 Å². The minimum absolute atomic E-state index is 0.0747. The molecule has 2 aliphatic heterocycles. The Morgan fingerprint density at radius 1 is 1.29 bits per heavy atom. The minimum atomic E-state index is -4.40. The number of alkyl halides is 3. The number of aryl methyl sites for hydroxylation is 1. The number of rotatable bonds is 3. The molecule has 2 aliphatic rings. The Bertz CT molecular complexity index is 1030. The van der Waals surface area contributed by atoms with Gasteiger partial charge >= 0.3 is 6.18 Å². The first-order chi connectivity index (χ1) is 14.7. The molecule has 0 saturated carbocycles. The van der Waals surface area contributed by atoms with Crippen molar-refractivity contribution < 1.29 is 18.0 Å². The Morgan fingerprint density at radius 3 is 2.74 bits per heavy atom. The molecule has 2 aromatic heterocycles. The third kappa shape index (κ3) is 4.07. The van der Waals surface area contributed by atoms with Crippen molar-refractivity contribution in [3.63, 3.8) is 0 Å². The van der Waals surface area contributed by atoms with Crippen molar-refractivity contribution in [1.82, 2.24) is 19.2 Å². The number of fused-ring (bicyclic) bond motifs is 1. The molecule has 1 saturated heterocycles. The molecule has 31 heavy (non-hydrogen) atoms. The van der Waals surface area contributed by atoms with Crippen molar-refractivity contribution in [3.05, 3.63) is 46.0 Å². The van der Waals surface area contributed by atoms with E-state index in [1.807, 2.05) is 6.92 Å². The fourth-order valence-electron chi connectivity index (χ4n) is 4.43. The molecule has 1 fully saturated rings. The van der Waals surface area contributed by atoms with Gasteiger partial charge in [0.05, 0.1) is 11.7 Å². The zero-order valence-corrected chi connectivity index (χ0v) is 17.5. The van der Waals surface area contributed by atoms with Crippen molar-refractivity contribution >= 4 is 11.7 Å². The number of hydrogen-bond donors (Lipinski definition) is 1. The summed E-state index contributed by atoms with van der Waals surface area (Å²) in [6.45, 7) is 2.32. The van der Waals surface area contributed by atoms with Crippen LogP contribution in [0.4, 0.5) is 19.0 Å². The Hall–Kier alpha value is -2.78. The van der Waals surface area contributed by atoms with E-state index in [2.05, 4.69) is 10.4 Å². The number of anilines is 1. The van der Waals surface area contributed by atoms with Crippen LogP contribution in [0.5, 0.6) is 0 Å². The first-order valence-corrected chi connectivity index (χ1v) is 10.6. The molecule has 1 N–H and O–H groups in total. The molecule has 0 aromatic carbocycles. The van der Waals surface area contributed by atoms with Gasteiger partial charge in [0.1, 0.15) is 5.82 Å². The number of likely N-dealkylation sites (tertiary alicyclic amines) is 1. The van der Waals surface area contributed by atoms with Crippen LogP contribution in [0.2, 0.25) is 0 Å². The van der Waals surface area contributed by atoms with Crippen molar-refractivity contribution in [2.75, 3.05) is 11.9 Å². The molecule has 7 nitrogen and oxygen atoms in total. The first-order valence-electron chi connectivity index (χ1n) is 10.6. The molecular formula is C21H26F3N5O2. The van der Waals surface area contributed by atoms with Crippen LogP contribution in [0.15, 0.2) is 29.2 Å². The van der Waals surface area contributed by atoms with Crippen molar-refractivity contribution in [3.8, 4) is 0 Å². The van der Waals surface area contributed by atoms with Crippen LogP contribution in [0.25, 0.3) is 0 Å². The third-order valence-electron chi connectivity index (χ3n) is 6.24. The number of aromatic nitrogens is 3. The Morgan fingerprint density at radius 2 is 2.06 bits per heavy atom. The quantitative estimate of drug-likeness (QED) is 0.796. The van der Waals surface area contributed by atoms with Crippen LogP contribution in [0, 0.1) is 0 Å². The van der Waals surface area contributed by atoms with E-state index in [1.165, 1.54) is 16.8 Å². The van der Waals surface area contributed by atoms with E-state index in [0.29, 0.717) is 30.9 Å². The molecule has 1 amide bonds. The standard InChI is InChI=1S/C21H26F3N5O2/c1-3-14-11-17(21(22,23)24)29-18(25-14)12-15(26-29)16-6-4-5-8-28(16)20(31)13-7-9-27(2)19(30)10-13/h7,9-10,12,14,16-17,25H,3-6,8,11H2,1-2H3/t14-,16?,17-/m1/s1. The fraction of sp³-hybridized carbons (Fsp3) is 0.571. The lowest BCUT2D eigenvalue weighted by Gasteiger charge is -2.35. The molecule has 2 aromatic rings. The average Bonchev–Trinajstić information content (AvgIpc) is 3.17. The highest BCUT2D eigenvalue weighted by molar-refractivity contribution is 5.94. The lowest BCUT2D eigenvalue weighted by Crippen LogP contribution is -2.40. The van der Waals surface area contributed by atoms with E-state index < -0.39 is 18.3 Å². The number of carbonyl (C=O) groups excluding carboxylic acids is 1. The number of carbonyl (C=O) groups is 1. The summed E-state index contributed by atoms with van der Waals surface area (Å²) in [5.74, 6) is 0.0297. The van der Waals surface area contributed by atoms with Crippen LogP contribution >= 0.6 is 0 Å². The van der Waals surface area contributed by atoms with E-state index >= 15 is 0 Å². The van der Waals surface area contributed by atoms with Crippen LogP contribution in [-0.2, 0) is 7.05 Å². The largest absolute Gasteiger partial charge is 0.410 e. The van der Waals surface area contributed by atoms with E-state index in [1.54, 1.807) is 24.1 Å². The lowest BCUT2D eigenvalue weighted by atomic mass is 9.98. The maximum absolute atomic E-state index is 13.7. The zero-order chi connectivity index (χ0) is 22.3. The van der Waals surface area contributed by atoms with Gasteiger partial charge in [0.25, 0.3) is 11.5 Å². The van der Waals surface area contributed by atoms with E-state index in [4.69, 9.17) is 0 Å². The number of pyridine rings is 1. The van der Waals surface area contributed by atoms with E-state index in [9.17, 15) is 22.8 Å². The zero-order valence-electron chi connectivity index (χ0n) is 17.5. The van der Waals surface area contributed by atoms with Crippen LogP contribution < -0.4 is 10.9 Å². The predicted octanol–water partition coefficient (Wildman–Crippen LogP) is 3.65. The summed E-state index contributed by atoms with van der Waals surface area (Å²) in [4.78, 5) is 26.8. The number of piperidine rings is 1. The molecule has 0 spiro atoms. The monoisotopic (exact) mass is 437 g/mol. The molecule has 4 heterocycles. The highest BCUT2D eigenvalue weighted by Crippen LogP contribution is 2.42. The Kier molecular flexibility index (Phi) is 5.57. The maximum atomic E-state index is 13.7. The molecule has 1 unspecified atom stereocenters. The van der Waals surface area contributed by atoms with Gasteiger partial charge < -0.3 is 14.8 Å². The summed E-state index contributed by atoms with van der Waals surface area (Å²) < 4.78 is 43.5. The van der Waals surface area contributed by atoms with Gasteiger partial charge in [-0.25, -0.2) is 4.68 Å². The molecular weight excluding hydrogens is 411 g/mol. The summed E-state index contributed by atoms with van der Waals surface area (Å²) in [5.41, 5.74) is 0.432. The maximum Gasteiger partial charge on any atom is 0.410 e. The third-order valence-corrected chi connectivity index (χ3v) is 6.24. The van der Waals surface area contributed by atoms with Gasteiger partial charge in [-0.3, -0.25) is 9.59 Å². The number of halogens is 3. The highest BCUT2D eigenvalue weighted by Gasteiger charge is 2.46. The van der Waals surface area contributed by atoms with Crippen LogP contribution in [-0.4, -0.2) is 43.9 Å². The number of nitrogens with one attached hydrogen (secondary N) is 1. The smallest absolute Gasteiger partial charge is 0.367 e. The predicted molar refractivity (Wildman–Crippen MR) is 109 cm³/mol. The van der Waals surface area contributed by atoms with Gasteiger partial charge in [-0.1, -0.05) is 6.92 Å². The highest BCUT2D eigenvalue weighted by atomic mass is 19.4. The lowest BCUT2D eigenvalue weighted by molar-refractivity contribution is -0.173. The normalized spacial score (nSPS) is 23.9. The molecule has 3 atom stereocenters. The molecule has 0 radical (unpaired) electrons. The van der Waals surface area contributed by atoms with Crippen molar-refractivity contribution in [2.45, 2.75) is 63.3 Å². The van der Waals surface area contributed by atoms with Gasteiger partial charge in [0.2, 0.25) is 0 Å². The number of hydrogen-bond acceptors (Lipinski definition) is 4. The van der Waals surface area contributed by atoms with Crippen molar-refractivity contribution in [2.24, 2.45) is 7.05 Å². The molecule has 0 bridgehead atoms.